The number of amides is 4. The number of imide groups is 1. The Morgan fingerprint density at radius 3 is 2.15 bits per heavy atom. The fraction of sp³-hybridized carbons (Fsp3) is 0.312. The van der Waals surface area contributed by atoms with Gasteiger partial charge in [0.2, 0.25) is 5.91 Å². The molecule has 0 aromatic heterocycles. The number of hydrogen-bond donors (Lipinski definition) is 0. The summed E-state index contributed by atoms with van der Waals surface area (Å²) in [5.74, 6) is 0.239. The molecule has 3 heterocycles. The highest BCUT2D eigenvalue weighted by Gasteiger charge is 2.35. The van der Waals surface area contributed by atoms with Gasteiger partial charge in [-0.25, -0.2) is 0 Å². The van der Waals surface area contributed by atoms with E-state index in [1.165, 1.54) is 10.5 Å². The molecule has 3 aromatic carbocycles. The fourth-order valence-electron chi connectivity index (χ4n) is 5.91. The maximum absolute atomic E-state index is 13.2. The number of carbonyl (C=O) groups is 4. The van der Waals surface area contributed by atoms with E-state index in [-0.39, 0.29) is 36.2 Å². The standard InChI is InChI=1S/C32H31N3O5/c36-29-15-12-22-6-1-4-9-28(22)35(29)24-16-19-33(20-17-24)30(37)23-10-13-25(14-11-23)40-21-5-18-34-31(38)26-7-2-3-8-27(26)32(34)39/h1-4,6-11,13-14,24H,5,12,15-21H2. The van der Waals surface area contributed by atoms with E-state index in [0.717, 1.165) is 24.9 Å². The first-order chi connectivity index (χ1) is 19.5. The van der Waals surface area contributed by atoms with Gasteiger partial charge in [-0.2, -0.15) is 0 Å². The Morgan fingerprint density at radius 2 is 1.45 bits per heavy atom. The van der Waals surface area contributed by atoms with E-state index in [2.05, 4.69) is 6.07 Å². The summed E-state index contributed by atoms with van der Waals surface area (Å²) in [5.41, 5.74) is 3.72. The van der Waals surface area contributed by atoms with Crippen molar-refractivity contribution in [2.24, 2.45) is 0 Å². The number of fused-ring (bicyclic) bond motifs is 2. The summed E-state index contributed by atoms with van der Waals surface area (Å²) in [6, 6.07) is 22.1. The number of benzene rings is 3. The summed E-state index contributed by atoms with van der Waals surface area (Å²) < 4.78 is 5.80. The average molecular weight is 538 g/mol. The number of aryl methyl sites for hydroxylation is 1. The van der Waals surface area contributed by atoms with Gasteiger partial charge in [0, 0.05) is 43.3 Å². The number of piperidine rings is 1. The van der Waals surface area contributed by atoms with Crippen LogP contribution in [0.1, 0.15) is 62.3 Å². The summed E-state index contributed by atoms with van der Waals surface area (Å²) in [6.45, 7) is 1.83. The predicted octanol–water partition coefficient (Wildman–Crippen LogP) is 4.34. The molecule has 1 saturated heterocycles. The normalized spacial score (nSPS) is 17.2. The Kier molecular flexibility index (Phi) is 7.07. The van der Waals surface area contributed by atoms with Gasteiger partial charge < -0.3 is 14.5 Å². The number of carbonyl (C=O) groups excluding carboxylic acids is 4. The molecule has 0 aliphatic carbocycles. The van der Waals surface area contributed by atoms with Crippen LogP contribution in [0.3, 0.4) is 0 Å². The van der Waals surface area contributed by atoms with Crippen LogP contribution in [0.2, 0.25) is 0 Å². The molecule has 0 spiro atoms. The summed E-state index contributed by atoms with van der Waals surface area (Å²) in [6.07, 6.45) is 3.33. The van der Waals surface area contributed by atoms with Crippen molar-refractivity contribution in [3.05, 3.63) is 95.1 Å². The van der Waals surface area contributed by atoms with Crippen molar-refractivity contribution >= 4 is 29.3 Å². The van der Waals surface area contributed by atoms with Gasteiger partial charge in [0.25, 0.3) is 17.7 Å². The lowest BCUT2D eigenvalue weighted by molar-refractivity contribution is -0.119. The van der Waals surface area contributed by atoms with Crippen molar-refractivity contribution in [1.29, 1.82) is 0 Å². The van der Waals surface area contributed by atoms with Crippen molar-refractivity contribution in [3.8, 4) is 5.75 Å². The molecule has 0 bridgehead atoms. The molecular formula is C32H31N3O5. The SMILES string of the molecule is O=C(c1ccc(OCCCN2C(=O)c3ccccc3C2=O)cc1)N1CCC(N2C(=O)CCc3ccccc32)CC1. The highest BCUT2D eigenvalue weighted by molar-refractivity contribution is 6.21. The first-order valence-corrected chi connectivity index (χ1v) is 13.9. The number of hydrogen-bond acceptors (Lipinski definition) is 5. The highest BCUT2D eigenvalue weighted by Crippen LogP contribution is 2.32. The molecular weight excluding hydrogens is 506 g/mol. The van der Waals surface area contributed by atoms with Crippen LogP contribution in [0.15, 0.2) is 72.8 Å². The molecule has 0 unspecified atom stereocenters. The van der Waals surface area contributed by atoms with Crippen molar-refractivity contribution < 1.29 is 23.9 Å². The molecule has 3 aliphatic heterocycles. The molecule has 6 rings (SSSR count). The summed E-state index contributed by atoms with van der Waals surface area (Å²) >= 11 is 0. The van der Waals surface area contributed by atoms with E-state index in [1.54, 1.807) is 48.5 Å². The molecule has 1 fully saturated rings. The monoisotopic (exact) mass is 537 g/mol. The van der Waals surface area contributed by atoms with E-state index in [0.29, 0.717) is 55.0 Å². The molecule has 3 aromatic rings. The second kappa shape index (κ2) is 11.0. The van der Waals surface area contributed by atoms with Gasteiger partial charge in [-0.15, -0.1) is 0 Å². The van der Waals surface area contributed by atoms with Crippen LogP contribution in [0.5, 0.6) is 5.75 Å². The van der Waals surface area contributed by atoms with E-state index < -0.39 is 0 Å². The molecule has 0 N–H and O–H groups in total. The quantitative estimate of drug-likeness (QED) is 0.331. The van der Waals surface area contributed by atoms with Crippen LogP contribution in [0.25, 0.3) is 0 Å². The number of anilines is 1. The lowest BCUT2D eigenvalue weighted by atomic mass is 9.95. The van der Waals surface area contributed by atoms with Crippen LogP contribution in [0.4, 0.5) is 5.69 Å². The van der Waals surface area contributed by atoms with E-state index in [9.17, 15) is 19.2 Å². The minimum atomic E-state index is -0.264. The van der Waals surface area contributed by atoms with Crippen LogP contribution in [0, 0.1) is 0 Å². The van der Waals surface area contributed by atoms with Crippen LogP contribution in [-0.4, -0.2) is 65.7 Å². The Bertz CT molecular complexity index is 1420. The first kappa shape index (κ1) is 25.8. The zero-order chi connectivity index (χ0) is 27.6. The zero-order valence-corrected chi connectivity index (χ0v) is 22.3. The molecule has 8 heteroatoms. The summed E-state index contributed by atoms with van der Waals surface area (Å²) in [7, 11) is 0. The minimum Gasteiger partial charge on any atom is -0.494 e. The van der Waals surface area contributed by atoms with E-state index in [4.69, 9.17) is 4.74 Å². The van der Waals surface area contributed by atoms with Gasteiger partial charge in [-0.1, -0.05) is 30.3 Å². The fourth-order valence-corrected chi connectivity index (χ4v) is 5.91. The molecule has 204 valence electrons. The number of ether oxygens (including phenoxy) is 1. The van der Waals surface area contributed by atoms with Gasteiger partial charge in [0.15, 0.2) is 0 Å². The molecule has 40 heavy (non-hydrogen) atoms. The van der Waals surface area contributed by atoms with Crippen molar-refractivity contribution in [3.63, 3.8) is 0 Å². The molecule has 4 amide bonds. The first-order valence-electron chi connectivity index (χ1n) is 13.9. The van der Waals surface area contributed by atoms with Gasteiger partial charge in [0.05, 0.1) is 17.7 Å². The van der Waals surface area contributed by atoms with E-state index in [1.807, 2.05) is 28.0 Å². The van der Waals surface area contributed by atoms with Crippen LogP contribution in [-0.2, 0) is 11.2 Å². The Balaban J connectivity index is 0.981. The van der Waals surface area contributed by atoms with Gasteiger partial charge in [-0.05, 0) is 73.7 Å². The smallest absolute Gasteiger partial charge is 0.261 e. The lowest BCUT2D eigenvalue weighted by Gasteiger charge is -2.41. The predicted molar refractivity (Wildman–Crippen MR) is 150 cm³/mol. The van der Waals surface area contributed by atoms with Gasteiger partial charge in [-0.3, -0.25) is 24.1 Å². The summed E-state index contributed by atoms with van der Waals surface area (Å²) in [4.78, 5) is 55.9. The average Bonchev–Trinajstić information content (AvgIpc) is 3.24. The summed E-state index contributed by atoms with van der Waals surface area (Å²) in [5, 5.41) is 0. The van der Waals surface area contributed by atoms with Crippen molar-refractivity contribution in [2.45, 2.75) is 38.1 Å². The molecule has 3 aliphatic rings. The maximum atomic E-state index is 13.2. The molecule has 0 atom stereocenters. The Hall–Kier alpha value is -4.46. The third-order valence-electron chi connectivity index (χ3n) is 8.02. The van der Waals surface area contributed by atoms with E-state index >= 15 is 0 Å². The Labute approximate surface area is 233 Å². The third kappa shape index (κ3) is 4.85. The van der Waals surface area contributed by atoms with Crippen LogP contribution < -0.4 is 9.64 Å². The van der Waals surface area contributed by atoms with Crippen molar-refractivity contribution in [1.82, 2.24) is 9.80 Å². The number of likely N-dealkylation sites (tertiary alicyclic amines) is 1. The number of nitrogens with zero attached hydrogens (tertiary/aromatic N) is 3. The van der Waals surface area contributed by atoms with Crippen LogP contribution >= 0.6 is 0 Å². The minimum absolute atomic E-state index is 0.0269. The van der Waals surface area contributed by atoms with Gasteiger partial charge >= 0.3 is 0 Å². The molecule has 0 saturated carbocycles. The zero-order valence-electron chi connectivity index (χ0n) is 22.3. The molecule has 0 radical (unpaired) electrons. The number of para-hydroxylation sites is 1. The maximum Gasteiger partial charge on any atom is 0.261 e. The second-order valence-corrected chi connectivity index (χ2v) is 10.4. The lowest BCUT2D eigenvalue weighted by Crippen LogP contribution is -2.50. The topological polar surface area (TPSA) is 87.2 Å². The van der Waals surface area contributed by atoms with Crippen molar-refractivity contribution in [2.75, 3.05) is 31.1 Å². The highest BCUT2D eigenvalue weighted by atomic mass is 16.5. The molecule has 8 nitrogen and oxygen atoms in total. The number of rotatable bonds is 7. The third-order valence-corrected chi connectivity index (χ3v) is 8.02. The Morgan fingerprint density at radius 1 is 0.800 bits per heavy atom. The largest absolute Gasteiger partial charge is 0.494 e. The second-order valence-electron chi connectivity index (χ2n) is 10.4. The van der Waals surface area contributed by atoms with Gasteiger partial charge in [0.1, 0.15) is 5.75 Å².